The summed E-state index contributed by atoms with van der Waals surface area (Å²) in [5, 5.41) is 0.104. The van der Waals surface area contributed by atoms with E-state index >= 15 is 0 Å². The first-order valence-corrected chi connectivity index (χ1v) is 7.26. The predicted octanol–water partition coefficient (Wildman–Crippen LogP) is 2.43. The molecule has 3 N–H and O–H groups in total. The number of aromatic nitrogens is 1. The molecule has 1 aromatic heterocycles. The summed E-state index contributed by atoms with van der Waals surface area (Å²) in [5.74, 6) is 0. The Morgan fingerprint density at radius 3 is 2.68 bits per heavy atom. The molecule has 0 radical (unpaired) electrons. The quantitative estimate of drug-likeness (QED) is 0.673. The van der Waals surface area contributed by atoms with Crippen molar-refractivity contribution < 1.29 is 8.42 Å². The third kappa shape index (κ3) is 2.97. The number of anilines is 2. The van der Waals surface area contributed by atoms with E-state index in [4.69, 9.17) is 17.3 Å². The maximum Gasteiger partial charge on any atom is 0.262 e. The van der Waals surface area contributed by atoms with E-state index in [-0.39, 0.29) is 15.7 Å². The largest absolute Gasteiger partial charge is 0.399 e. The molecule has 0 saturated heterocycles. The average Bonchev–Trinajstić information content (AvgIpc) is 2.34. The van der Waals surface area contributed by atoms with Crippen LogP contribution in [0.3, 0.4) is 0 Å². The zero-order valence-corrected chi connectivity index (χ0v) is 11.7. The van der Waals surface area contributed by atoms with Gasteiger partial charge in [-0.3, -0.25) is 4.72 Å². The molecule has 2 rings (SSSR count). The monoisotopic (exact) mass is 297 g/mol. The Morgan fingerprint density at radius 2 is 2.05 bits per heavy atom. The number of nitrogen functional groups attached to an aromatic ring is 1. The van der Waals surface area contributed by atoms with Crippen molar-refractivity contribution in [3.05, 3.63) is 47.2 Å². The molecule has 0 unspecified atom stereocenters. The highest BCUT2D eigenvalue weighted by Crippen LogP contribution is 2.26. The fraction of sp³-hybridized carbons (Fsp3) is 0.0833. The van der Waals surface area contributed by atoms with Gasteiger partial charge in [0.15, 0.2) is 5.15 Å². The number of aryl methyl sites for hydroxylation is 1. The molecular weight excluding hydrogens is 286 g/mol. The molecule has 2 aromatic rings. The third-order valence-corrected chi connectivity index (χ3v) is 4.15. The Morgan fingerprint density at radius 1 is 1.32 bits per heavy atom. The second-order valence-electron chi connectivity index (χ2n) is 3.97. The molecule has 1 heterocycles. The smallest absolute Gasteiger partial charge is 0.262 e. The molecule has 0 saturated carbocycles. The van der Waals surface area contributed by atoms with Gasteiger partial charge >= 0.3 is 0 Å². The van der Waals surface area contributed by atoms with Crippen LogP contribution in [0.15, 0.2) is 41.4 Å². The van der Waals surface area contributed by atoms with E-state index in [9.17, 15) is 8.42 Å². The zero-order chi connectivity index (χ0) is 14.0. The summed E-state index contributed by atoms with van der Waals surface area (Å²) in [6.07, 6.45) is 1.51. The highest BCUT2D eigenvalue weighted by atomic mass is 35.5. The van der Waals surface area contributed by atoms with Crippen molar-refractivity contribution in [1.29, 1.82) is 0 Å². The third-order valence-electron chi connectivity index (χ3n) is 2.52. The van der Waals surface area contributed by atoms with Crippen LogP contribution >= 0.6 is 11.6 Å². The molecule has 0 amide bonds. The van der Waals surface area contributed by atoms with Gasteiger partial charge in [-0.15, -0.1) is 0 Å². The minimum Gasteiger partial charge on any atom is -0.399 e. The second kappa shape index (κ2) is 5.07. The van der Waals surface area contributed by atoms with Crippen molar-refractivity contribution >= 4 is 33.0 Å². The van der Waals surface area contributed by atoms with Gasteiger partial charge in [-0.1, -0.05) is 17.7 Å². The van der Waals surface area contributed by atoms with E-state index in [1.807, 2.05) is 0 Å². The molecule has 0 aliphatic heterocycles. The number of hydrogen-bond acceptors (Lipinski definition) is 4. The number of nitrogens with one attached hydrogen (secondary N) is 1. The van der Waals surface area contributed by atoms with Gasteiger partial charge in [0.1, 0.15) is 0 Å². The first-order valence-electron chi connectivity index (χ1n) is 5.39. The van der Waals surface area contributed by atoms with Crippen molar-refractivity contribution in [3.63, 3.8) is 0 Å². The molecule has 0 bridgehead atoms. The molecule has 0 aliphatic rings. The fourth-order valence-corrected chi connectivity index (χ4v) is 3.02. The Bertz CT molecular complexity index is 696. The van der Waals surface area contributed by atoms with E-state index in [1.165, 1.54) is 18.3 Å². The lowest BCUT2D eigenvalue weighted by molar-refractivity contribution is 0.601. The Kier molecular flexibility index (Phi) is 3.64. The van der Waals surface area contributed by atoms with Crippen molar-refractivity contribution in [1.82, 2.24) is 4.98 Å². The van der Waals surface area contributed by atoms with Gasteiger partial charge in [-0.25, -0.2) is 13.4 Å². The Hall–Kier alpha value is -1.79. The molecule has 0 aliphatic carbocycles. The van der Waals surface area contributed by atoms with Crippen LogP contribution in [0.1, 0.15) is 5.56 Å². The maximum atomic E-state index is 12.2. The van der Waals surface area contributed by atoms with Gasteiger partial charge in [0.2, 0.25) is 0 Å². The number of hydrogen-bond donors (Lipinski definition) is 2. The summed E-state index contributed by atoms with van der Waals surface area (Å²) in [5.41, 5.74) is 6.91. The van der Waals surface area contributed by atoms with Gasteiger partial charge in [-0.2, -0.15) is 0 Å². The highest BCUT2D eigenvalue weighted by Gasteiger charge is 2.17. The topological polar surface area (TPSA) is 85.1 Å². The molecule has 1 aromatic carbocycles. The van der Waals surface area contributed by atoms with Crippen LogP contribution < -0.4 is 10.5 Å². The maximum absolute atomic E-state index is 12.2. The lowest BCUT2D eigenvalue weighted by Crippen LogP contribution is -2.14. The van der Waals surface area contributed by atoms with Crippen LogP contribution in [0.2, 0.25) is 5.15 Å². The number of sulfonamides is 1. The van der Waals surface area contributed by atoms with E-state index in [0.717, 1.165) is 0 Å². The van der Waals surface area contributed by atoms with E-state index in [2.05, 4.69) is 9.71 Å². The average molecular weight is 298 g/mol. The van der Waals surface area contributed by atoms with Gasteiger partial charge in [0.05, 0.1) is 10.6 Å². The van der Waals surface area contributed by atoms with Crippen LogP contribution in [-0.2, 0) is 10.0 Å². The van der Waals surface area contributed by atoms with Crippen LogP contribution in [0, 0.1) is 6.92 Å². The summed E-state index contributed by atoms with van der Waals surface area (Å²) >= 11 is 5.89. The van der Waals surface area contributed by atoms with E-state index in [1.54, 1.807) is 25.1 Å². The molecule has 7 heteroatoms. The first kappa shape index (κ1) is 13.6. The zero-order valence-electron chi connectivity index (χ0n) is 10.1. The fourth-order valence-electron chi connectivity index (χ4n) is 1.52. The highest BCUT2D eigenvalue weighted by molar-refractivity contribution is 7.92. The number of rotatable bonds is 3. The molecular formula is C12H12ClN3O2S. The Balaban J connectivity index is 2.42. The van der Waals surface area contributed by atoms with Gasteiger partial charge in [0, 0.05) is 11.9 Å². The minimum absolute atomic E-state index is 0.0758. The summed E-state index contributed by atoms with van der Waals surface area (Å²) in [7, 11) is -3.74. The first-order chi connectivity index (χ1) is 8.90. The number of halogens is 1. The van der Waals surface area contributed by atoms with Crippen molar-refractivity contribution in [2.45, 2.75) is 11.8 Å². The molecule has 0 atom stereocenters. The van der Waals surface area contributed by atoms with Gasteiger partial charge in [-0.05, 0) is 36.8 Å². The van der Waals surface area contributed by atoms with E-state index in [0.29, 0.717) is 11.3 Å². The molecule has 100 valence electrons. The summed E-state index contributed by atoms with van der Waals surface area (Å²) in [6.45, 7) is 1.74. The molecule has 0 spiro atoms. The predicted molar refractivity (Wildman–Crippen MR) is 75.6 cm³/mol. The standard InChI is InChI=1S/C12H12ClN3O2S/c1-8-5-6-15-12(13)11(8)16-19(17,18)10-4-2-3-9(14)7-10/h2-7,16H,14H2,1H3. The molecule has 5 nitrogen and oxygen atoms in total. The van der Waals surface area contributed by atoms with Crippen molar-refractivity contribution in [2.24, 2.45) is 0 Å². The van der Waals surface area contributed by atoms with Crippen molar-refractivity contribution in [2.75, 3.05) is 10.5 Å². The van der Waals surface area contributed by atoms with Crippen molar-refractivity contribution in [3.8, 4) is 0 Å². The van der Waals surface area contributed by atoms with Crippen LogP contribution in [0.4, 0.5) is 11.4 Å². The second-order valence-corrected chi connectivity index (χ2v) is 6.01. The van der Waals surface area contributed by atoms with Gasteiger partial charge in [0.25, 0.3) is 10.0 Å². The lowest BCUT2D eigenvalue weighted by Gasteiger charge is -2.11. The van der Waals surface area contributed by atoms with Gasteiger partial charge < -0.3 is 5.73 Å². The van der Waals surface area contributed by atoms with Crippen LogP contribution in [0.25, 0.3) is 0 Å². The molecule has 19 heavy (non-hydrogen) atoms. The summed E-state index contributed by atoms with van der Waals surface area (Å²) in [6, 6.07) is 7.69. The number of nitrogens with zero attached hydrogens (tertiary/aromatic N) is 1. The number of pyridine rings is 1. The number of nitrogens with two attached hydrogens (primary N) is 1. The summed E-state index contributed by atoms with van der Waals surface area (Å²) < 4.78 is 26.8. The minimum atomic E-state index is -3.74. The van der Waals surface area contributed by atoms with Crippen LogP contribution in [0.5, 0.6) is 0 Å². The van der Waals surface area contributed by atoms with Crippen LogP contribution in [-0.4, -0.2) is 13.4 Å². The normalized spacial score (nSPS) is 11.3. The SMILES string of the molecule is Cc1ccnc(Cl)c1NS(=O)(=O)c1cccc(N)c1. The van der Waals surface area contributed by atoms with E-state index < -0.39 is 10.0 Å². The Labute approximate surface area is 116 Å². The number of benzene rings is 1. The summed E-state index contributed by atoms with van der Waals surface area (Å²) in [4.78, 5) is 3.92. The lowest BCUT2D eigenvalue weighted by atomic mass is 10.3. The molecule has 0 fully saturated rings.